The monoisotopic (exact) mass is 207 g/mol. The molecule has 1 aromatic rings. The van der Waals surface area contributed by atoms with Crippen molar-refractivity contribution in [3.63, 3.8) is 0 Å². The van der Waals surface area contributed by atoms with Crippen LogP contribution >= 0.6 is 0 Å². The normalized spacial score (nSPS) is 9.80. The van der Waals surface area contributed by atoms with E-state index in [1.807, 2.05) is 6.07 Å². The summed E-state index contributed by atoms with van der Waals surface area (Å²) in [5.41, 5.74) is 5.98. The lowest BCUT2D eigenvalue weighted by atomic mass is 10.4. The van der Waals surface area contributed by atoms with Gasteiger partial charge in [0.25, 0.3) is 5.56 Å². The largest absolute Gasteiger partial charge is 0.398 e. The fourth-order valence-corrected chi connectivity index (χ4v) is 1.11. The second-order valence-electron chi connectivity index (χ2n) is 3.01. The third kappa shape index (κ3) is 3.83. The Morgan fingerprint density at radius 1 is 1.47 bits per heavy atom. The molecular formula is C10H13N3O2. The summed E-state index contributed by atoms with van der Waals surface area (Å²) in [4.78, 5) is 11.3. The Kier molecular flexibility index (Phi) is 4.38. The summed E-state index contributed by atoms with van der Waals surface area (Å²) in [6.07, 6.45) is 1.95. The molecule has 0 saturated carbocycles. The first-order valence-corrected chi connectivity index (χ1v) is 4.64. The van der Waals surface area contributed by atoms with Crippen LogP contribution in [0.5, 0.6) is 0 Å². The van der Waals surface area contributed by atoms with Crippen molar-refractivity contribution in [2.75, 3.05) is 18.9 Å². The molecule has 5 heteroatoms. The summed E-state index contributed by atoms with van der Waals surface area (Å²) in [5, 5.41) is 8.26. The molecular weight excluding hydrogens is 194 g/mol. The van der Waals surface area contributed by atoms with Crippen LogP contribution in [0.25, 0.3) is 0 Å². The highest BCUT2D eigenvalue weighted by Gasteiger charge is 1.96. The Bertz CT molecular complexity index is 406. The molecule has 1 rings (SSSR count). The van der Waals surface area contributed by atoms with Gasteiger partial charge in [-0.15, -0.1) is 0 Å². The van der Waals surface area contributed by atoms with E-state index in [2.05, 4.69) is 0 Å². The number of nitriles is 1. The highest BCUT2D eigenvalue weighted by Crippen LogP contribution is 1.95. The van der Waals surface area contributed by atoms with E-state index >= 15 is 0 Å². The molecule has 1 aromatic heterocycles. The fourth-order valence-electron chi connectivity index (χ4n) is 1.11. The highest BCUT2D eigenvalue weighted by molar-refractivity contribution is 5.33. The second kappa shape index (κ2) is 5.83. The van der Waals surface area contributed by atoms with E-state index in [4.69, 9.17) is 15.7 Å². The van der Waals surface area contributed by atoms with Crippen LogP contribution < -0.4 is 11.3 Å². The molecule has 0 atom stereocenters. The number of nitrogen functional groups attached to an aromatic ring is 1. The topological polar surface area (TPSA) is 81.0 Å². The number of nitrogens with two attached hydrogens (primary N) is 1. The fraction of sp³-hybridized carbons (Fsp3) is 0.400. The van der Waals surface area contributed by atoms with Crippen molar-refractivity contribution >= 4 is 5.69 Å². The number of hydrogen-bond acceptors (Lipinski definition) is 4. The quantitative estimate of drug-likeness (QED) is 0.707. The van der Waals surface area contributed by atoms with E-state index in [0.717, 1.165) is 0 Å². The van der Waals surface area contributed by atoms with Gasteiger partial charge in [-0.1, -0.05) is 0 Å². The van der Waals surface area contributed by atoms with E-state index in [-0.39, 0.29) is 5.56 Å². The van der Waals surface area contributed by atoms with E-state index in [1.165, 1.54) is 10.6 Å². The number of hydrogen-bond donors (Lipinski definition) is 1. The van der Waals surface area contributed by atoms with Crippen LogP contribution in [-0.4, -0.2) is 17.8 Å². The number of ether oxygens (including phenoxy) is 1. The Hall–Kier alpha value is -1.80. The molecule has 0 unspecified atom stereocenters. The minimum Gasteiger partial charge on any atom is -0.398 e. The van der Waals surface area contributed by atoms with Crippen LogP contribution in [0, 0.1) is 11.3 Å². The molecule has 0 aliphatic rings. The van der Waals surface area contributed by atoms with Crippen molar-refractivity contribution in [1.82, 2.24) is 4.57 Å². The van der Waals surface area contributed by atoms with Crippen LogP contribution in [-0.2, 0) is 11.3 Å². The molecule has 0 saturated heterocycles. The summed E-state index contributed by atoms with van der Waals surface area (Å²) in [6, 6.07) is 4.96. The van der Waals surface area contributed by atoms with Crippen molar-refractivity contribution in [3.8, 4) is 6.07 Å². The number of rotatable bonds is 5. The lowest BCUT2D eigenvalue weighted by Crippen LogP contribution is -2.21. The number of nitrogens with zero attached hydrogens (tertiary/aromatic N) is 2. The minimum absolute atomic E-state index is 0.104. The van der Waals surface area contributed by atoms with Crippen LogP contribution in [0.2, 0.25) is 0 Å². The molecule has 0 amide bonds. The number of aromatic nitrogens is 1. The lowest BCUT2D eigenvalue weighted by molar-refractivity contribution is 0.131. The smallest absolute Gasteiger partial charge is 0.250 e. The average Bonchev–Trinajstić information content (AvgIpc) is 2.23. The maximum absolute atomic E-state index is 11.3. The first-order chi connectivity index (χ1) is 7.24. The Balaban J connectivity index is 2.41. The van der Waals surface area contributed by atoms with Crippen molar-refractivity contribution in [1.29, 1.82) is 5.26 Å². The minimum atomic E-state index is -0.104. The van der Waals surface area contributed by atoms with Gasteiger partial charge in [0.05, 0.1) is 25.7 Å². The third-order valence-corrected chi connectivity index (χ3v) is 1.84. The summed E-state index contributed by atoms with van der Waals surface area (Å²) < 4.78 is 6.64. The third-order valence-electron chi connectivity index (χ3n) is 1.84. The van der Waals surface area contributed by atoms with E-state index < -0.39 is 0 Å². The van der Waals surface area contributed by atoms with Gasteiger partial charge in [0, 0.05) is 24.5 Å². The Morgan fingerprint density at radius 2 is 2.27 bits per heavy atom. The first kappa shape index (κ1) is 11.3. The molecule has 0 aromatic carbocycles. The van der Waals surface area contributed by atoms with Gasteiger partial charge in [-0.3, -0.25) is 4.79 Å². The Morgan fingerprint density at radius 3 is 3.00 bits per heavy atom. The van der Waals surface area contributed by atoms with Gasteiger partial charge in [-0.05, 0) is 6.07 Å². The van der Waals surface area contributed by atoms with E-state index in [0.29, 0.717) is 31.9 Å². The van der Waals surface area contributed by atoms with Crippen molar-refractivity contribution in [2.24, 2.45) is 0 Å². The summed E-state index contributed by atoms with van der Waals surface area (Å²) in [6.45, 7) is 1.26. The molecule has 0 spiro atoms. The molecule has 15 heavy (non-hydrogen) atoms. The molecule has 0 aliphatic carbocycles. The maximum atomic E-state index is 11.3. The first-order valence-electron chi connectivity index (χ1n) is 4.64. The molecule has 2 N–H and O–H groups in total. The molecule has 0 bridgehead atoms. The summed E-state index contributed by atoms with van der Waals surface area (Å²) in [7, 11) is 0. The van der Waals surface area contributed by atoms with Crippen molar-refractivity contribution in [2.45, 2.75) is 13.0 Å². The maximum Gasteiger partial charge on any atom is 0.250 e. The zero-order valence-electron chi connectivity index (χ0n) is 8.35. The van der Waals surface area contributed by atoms with Gasteiger partial charge in [-0.2, -0.15) is 5.26 Å². The van der Waals surface area contributed by atoms with Gasteiger partial charge in [0.15, 0.2) is 0 Å². The van der Waals surface area contributed by atoms with E-state index in [1.54, 1.807) is 12.3 Å². The van der Waals surface area contributed by atoms with Gasteiger partial charge in [0.1, 0.15) is 0 Å². The predicted molar refractivity (Wildman–Crippen MR) is 56.2 cm³/mol. The number of pyridine rings is 1. The van der Waals surface area contributed by atoms with Gasteiger partial charge < -0.3 is 15.0 Å². The summed E-state index contributed by atoms with van der Waals surface area (Å²) >= 11 is 0. The molecule has 0 fully saturated rings. The van der Waals surface area contributed by atoms with Crippen LogP contribution in [0.15, 0.2) is 23.1 Å². The molecule has 0 radical (unpaired) electrons. The van der Waals surface area contributed by atoms with Gasteiger partial charge in [0.2, 0.25) is 0 Å². The standard InChI is InChI=1S/C10H13N3O2/c11-4-1-6-15-7-5-13-8-9(12)2-3-10(13)14/h2-3,8H,1,5-7,12H2. The van der Waals surface area contributed by atoms with Crippen LogP contribution in [0.4, 0.5) is 5.69 Å². The van der Waals surface area contributed by atoms with Crippen molar-refractivity contribution in [3.05, 3.63) is 28.7 Å². The van der Waals surface area contributed by atoms with Gasteiger partial charge >= 0.3 is 0 Å². The molecule has 80 valence electrons. The van der Waals surface area contributed by atoms with Crippen LogP contribution in [0.3, 0.4) is 0 Å². The predicted octanol–water partition coefficient (Wildman–Crippen LogP) is 0.361. The average molecular weight is 207 g/mol. The molecule has 0 aliphatic heterocycles. The Labute approximate surface area is 87.7 Å². The molecule has 5 nitrogen and oxygen atoms in total. The second-order valence-corrected chi connectivity index (χ2v) is 3.01. The molecule has 1 heterocycles. The SMILES string of the molecule is N#CCCOCCn1cc(N)ccc1=O. The number of anilines is 1. The summed E-state index contributed by atoms with van der Waals surface area (Å²) in [5.74, 6) is 0. The van der Waals surface area contributed by atoms with Gasteiger partial charge in [-0.25, -0.2) is 0 Å². The van der Waals surface area contributed by atoms with Crippen molar-refractivity contribution < 1.29 is 4.74 Å². The van der Waals surface area contributed by atoms with Crippen LogP contribution in [0.1, 0.15) is 6.42 Å². The van der Waals surface area contributed by atoms with E-state index in [9.17, 15) is 4.79 Å². The zero-order valence-corrected chi connectivity index (χ0v) is 8.35. The lowest BCUT2D eigenvalue weighted by Gasteiger charge is -2.06. The zero-order chi connectivity index (χ0) is 11.1. The highest BCUT2D eigenvalue weighted by atomic mass is 16.5.